The van der Waals surface area contributed by atoms with E-state index in [4.69, 9.17) is 10.5 Å². The van der Waals surface area contributed by atoms with Crippen LogP contribution in [0.4, 0.5) is 10.6 Å². The minimum absolute atomic E-state index is 0.0473. The number of ether oxygens (including phenoxy) is 1. The predicted octanol–water partition coefficient (Wildman–Crippen LogP) is 2.46. The van der Waals surface area contributed by atoms with Crippen LogP contribution in [0.15, 0.2) is 30.3 Å². The highest BCUT2D eigenvalue weighted by atomic mass is 32.1. The maximum absolute atomic E-state index is 12.5. The third kappa shape index (κ3) is 4.93. The number of carbonyl (C=O) groups is 1. The molecule has 4 rings (SSSR count). The number of fused-ring (bicyclic) bond motifs is 1. The minimum atomic E-state index is 0.0473. The van der Waals surface area contributed by atoms with Gasteiger partial charge in [-0.1, -0.05) is 12.1 Å². The van der Waals surface area contributed by atoms with Crippen molar-refractivity contribution in [2.45, 2.75) is 6.54 Å². The zero-order valence-corrected chi connectivity index (χ0v) is 19.1. The van der Waals surface area contributed by atoms with Crippen LogP contribution in [-0.2, 0) is 11.3 Å². The van der Waals surface area contributed by atoms with E-state index >= 15 is 0 Å². The maximum atomic E-state index is 12.5. The second kappa shape index (κ2) is 9.68. The first-order chi connectivity index (χ1) is 15.4. The molecule has 0 spiro atoms. The van der Waals surface area contributed by atoms with Gasteiger partial charge in [-0.25, -0.2) is 14.8 Å². The second-order valence-electron chi connectivity index (χ2n) is 7.87. The molecule has 3 heterocycles. The molecule has 32 heavy (non-hydrogen) atoms. The van der Waals surface area contributed by atoms with E-state index in [1.54, 1.807) is 48.6 Å². The molecule has 0 saturated carbocycles. The highest BCUT2D eigenvalue weighted by Gasteiger charge is 2.24. The second-order valence-corrected chi connectivity index (χ2v) is 9.01. The van der Waals surface area contributed by atoms with Crippen molar-refractivity contribution >= 4 is 33.4 Å². The summed E-state index contributed by atoms with van der Waals surface area (Å²) < 4.78 is 5.93. The summed E-state index contributed by atoms with van der Waals surface area (Å²) in [7, 11) is 3.44. The van der Waals surface area contributed by atoms with E-state index in [0.29, 0.717) is 37.9 Å². The van der Waals surface area contributed by atoms with Crippen LogP contribution in [0, 0.1) is 0 Å². The number of aromatic hydroxyl groups is 1. The van der Waals surface area contributed by atoms with Crippen LogP contribution in [0.3, 0.4) is 0 Å². The molecule has 170 valence electrons. The lowest BCUT2D eigenvalue weighted by Crippen LogP contribution is -2.52. The maximum Gasteiger partial charge on any atom is 0.319 e. The number of nitrogens with zero attached hydrogens (tertiary/aromatic N) is 5. The number of hydrogen-bond acceptors (Lipinski definition) is 8. The van der Waals surface area contributed by atoms with Crippen LogP contribution in [0.1, 0.15) is 4.88 Å². The molecule has 0 radical (unpaired) electrons. The van der Waals surface area contributed by atoms with Gasteiger partial charge in [-0.2, -0.15) is 0 Å². The summed E-state index contributed by atoms with van der Waals surface area (Å²) in [6, 6.07) is 8.95. The Hall–Kier alpha value is -2.95. The summed E-state index contributed by atoms with van der Waals surface area (Å²) in [5.41, 5.74) is 7.75. The number of carbonyl (C=O) groups excluding carboxylic acids is 1. The standard InChI is InChI=1S/C22H28N6O3S/c1-26(10-11-31-2)22(30)28-8-6-27(7-9-28)14-17-13-18-19(32-17)20(23)25-21(24-18)15-4-3-5-16(29)12-15/h3-5,12-13,29H,6-11,14H2,1-2H3,(H2,23,24,25). The lowest BCUT2D eigenvalue weighted by molar-refractivity contribution is 0.105. The molecule has 1 aromatic carbocycles. The van der Waals surface area contributed by atoms with Crippen molar-refractivity contribution in [1.29, 1.82) is 0 Å². The number of benzene rings is 1. The number of likely N-dealkylation sites (N-methyl/N-ethyl adjacent to an activating group) is 1. The van der Waals surface area contributed by atoms with Crippen LogP contribution in [-0.4, -0.2) is 89.3 Å². The SMILES string of the molecule is COCCN(C)C(=O)N1CCN(Cc2cc3nc(-c4cccc(O)c4)nc(N)c3s2)CC1. The van der Waals surface area contributed by atoms with Gasteiger partial charge in [-0.05, 0) is 18.2 Å². The van der Waals surface area contributed by atoms with E-state index in [9.17, 15) is 9.90 Å². The number of rotatable bonds is 6. The van der Waals surface area contributed by atoms with E-state index in [0.717, 1.165) is 40.3 Å². The molecular weight excluding hydrogens is 428 g/mol. The fourth-order valence-electron chi connectivity index (χ4n) is 3.74. The first-order valence-corrected chi connectivity index (χ1v) is 11.3. The fourth-order valence-corrected chi connectivity index (χ4v) is 4.78. The monoisotopic (exact) mass is 456 g/mol. The Balaban J connectivity index is 1.41. The van der Waals surface area contributed by atoms with Gasteiger partial charge < -0.3 is 25.4 Å². The lowest BCUT2D eigenvalue weighted by Gasteiger charge is -2.36. The van der Waals surface area contributed by atoms with Crippen molar-refractivity contribution in [2.75, 3.05) is 59.2 Å². The molecule has 10 heteroatoms. The molecule has 1 aliphatic heterocycles. The molecule has 0 unspecified atom stereocenters. The molecule has 0 atom stereocenters. The zero-order valence-electron chi connectivity index (χ0n) is 18.3. The van der Waals surface area contributed by atoms with Gasteiger partial charge in [-0.15, -0.1) is 11.3 Å². The highest BCUT2D eigenvalue weighted by molar-refractivity contribution is 7.19. The first-order valence-electron chi connectivity index (χ1n) is 10.5. The van der Waals surface area contributed by atoms with Gasteiger partial charge in [0, 0.05) is 63.9 Å². The highest BCUT2D eigenvalue weighted by Crippen LogP contribution is 2.32. The normalized spacial score (nSPS) is 14.8. The molecule has 1 aliphatic rings. The molecular formula is C22H28N6O3S. The summed E-state index contributed by atoms with van der Waals surface area (Å²) in [6.07, 6.45) is 0. The first kappa shape index (κ1) is 22.3. The van der Waals surface area contributed by atoms with Crippen molar-refractivity contribution in [3.8, 4) is 17.1 Å². The predicted molar refractivity (Wildman–Crippen MR) is 126 cm³/mol. The van der Waals surface area contributed by atoms with Gasteiger partial charge in [0.05, 0.1) is 16.8 Å². The molecule has 9 nitrogen and oxygen atoms in total. The number of methoxy groups -OCH3 is 1. The molecule has 0 bridgehead atoms. The number of phenolic OH excluding ortho intramolecular Hbond substituents is 1. The van der Waals surface area contributed by atoms with Crippen LogP contribution in [0.5, 0.6) is 5.75 Å². The molecule has 0 aliphatic carbocycles. The third-order valence-electron chi connectivity index (χ3n) is 5.53. The smallest absolute Gasteiger partial charge is 0.319 e. The summed E-state index contributed by atoms with van der Waals surface area (Å²) in [5.74, 6) is 1.11. The van der Waals surface area contributed by atoms with Crippen molar-refractivity contribution in [2.24, 2.45) is 0 Å². The number of phenols is 1. The number of nitrogen functional groups attached to an aromatic ring is 1. The topological polar surface area (TPSA) is 108 Å². The number of aromatic nitrogens is 2. The number of nitrogens with two attached hydrogens (primary N) is 1. The summed E-state index contributed by atoms with van der Waals surface area (Å²) in [6.45, 7) is 4.93. The molecule has 2 amide bonds. The average molecular weight is 457 g/mol. The van der Waals surface area contributed by atoms with Crippen molar-refractivity contribution < 1.29 is 14.6 Å². The van der Waals surface area contributed by atoms with E-state index < -0.39 is 0 Å². The molecule has 1 saturated heterocycles. The number of thiophene rings is 1. The lowest BCUT2D eigenvalue weighted by atomic mass is 10.2. The summed E-state index contributed by atoms with van der Waals surface area (Å²) >= 11 is 1.60. The zero-order chi connectivity index (χ0) is 22.7. The number of urea groups is 1. The van der Waals surface area contributed by atoms with Gasteiger partial charge in [-0.3, -0.25) is 4.90 Å². The van der Waals surface area contributed by atoms with E-state index in [1.165, 1.54) is 0 Å². The van der Waals surface area contributed by atoms with Crippen LogP contribution in [0.2, 0.25) is 0 Å². The van der Waals surface area contributed by atoms with Crippen molar-refractivity contribution in [1.82, 2.24) is 24.7 Å². The van der Waals surface area contributed by atoms with Crippen LogP contribution in [0.25, 0.3) is 21.6 Å². The molecule has 3 aromatic rings. The van der Waals surface area contributed by atoms with Gasteiger partial charge >= 0.3 is 6.03 Å². The Labute approximate surface area is 191 Å². The van der Waals surface area contributed by atoms with E-state index in [-0.39, 0.29) is 11.8 Å². The average Bonchev–Trinajstić information content (AvgIpc) is 3.20. The van der Waals surface area contributed by atoms with Crippen LogP contribution >= 0.6 is 11.3 Å². The number of amides is 2. The Morgan fingerprint density at radius 2 is 2.03 bits per heavy atom. The summed E-state index contributed by atoms with van der Waals surface area (Å²) in [4.78, 5) is 28.7. The Morgan fingerprint density at radius 3 is 2.75 bits per heavy atom. The van der Waals surface area contributed by atoms with Crippen molar-refractivity contribution in [3.63, 3.8) is 0 Å². The number of hydrogen-bond donors (Lipinski definition) is 2. The molecule has 3 N–H and O–H groups in total. The fraction of sp³-hybridized carbons (Fsp3) is 0.409. The third-order valence-corrected chi connectivity index (χ3v) is 6.66. The van der Waals surface area contributed by atoms with Crippen LogP contribution < -0.4 is 5.73 Å². The van der Waals surface area contributed by atoms with E-state index in [2.05, 4.69) is 20.9 Å². The molecule has 1 fully saturated rings. The summed E-state index contributed by atoms with van der Waals surface area (Å²) in [5, 5.41) is 9.74. The van der Waals surface area contributed by atoms with Crippen molar-refractivity contribution in [3.05, 3.63) is 35.2 Å². The molecule has 2 aromatic heterocycles. The van der Waals surface area contributed by atoms with Gasteiger partial charge in [0.1, 0.15) is 11.6 Å². The number of piperazine rings is 1. The Kier molecular flexibility index (Phi) is 6.73. The van der Waals surface area contributed by atoms with Gasteiger partial charge in [0.2, 0.25) is 0 Å². The minimum Gasteiger partial charge on any atom is -0.508 e. The quantitative estimate of drug-likeness (QED) is 0.587. The number of anilines is 1. The Morgan fingerprint density at radius 1 is 1.25 bits per heavy atom. The van der Waals surface area contributed by atoms with Gasteiger partial charge in [0.15, 0.2) is 5.82 Å². The van der Waals surface area contributed by atoms with E-state index in [1.807, 2.05) is 11.0 Å². The largest absolute Gasteiger partial charge is 0.508 e. The van der Waals surface area contributed by atoms with Gasteiger partial charge in [0.25, 0.3) is 0 Å². The Bertz CT molecular complexity index is 1100.